The van der Waals surface area contributed by atoms with Crippen molar-refractivity contribution in [3.63, 3.8) is 0 Å². The minimum atomic E-state index is 0.124. The predicted octanol–water partition coefficient (Wildman–Crippen LogP) is 3.34. The van der Waals surface area contributed by atoms with E-state index in [0.717, 1.165) is 12.8 Å². The Morgan fingerprint density at radius 1 is 1.06 bits per heavy atom. The van der Waals surface area contributed by atoms with Crippen LogP contribution in [0, 0.1) is 17.8 Å². The van der Waals surface area contributed by atoms with Crippen molar-refractivity contribution in [2.75, 3.05) is 14.1 Å². The summed E-state index contributed by atoms with van der Waals surface area (Å²) in [5.41, 5.74) is 0. The molecule has 2 heteroatoms. The minimum Gasteiger partial charge on any atom is -0.349 e. The third-order valence-corrected chi connectivity index (χ3v) is 2.73. The van der Waals surface area contributed by atoms with Crippen molar-refractivity contribution in [1.29, 1.82) is 0 Å². The molecule has 0 saturated heterocycles. The van der Waals surface area contributed by atoms with E-state index in [0.29, 0.717) is 11.8 Å². The first-order chi connectivity index (χ1) is 7.36. The van der Waals surface area contributed by atoms with E-state index in [-0.39, 0.29) is 11.8 Å². The summed E-state index contributed by atoms with van der Waals surface area (Å²) in [5.74, 6) is 1.46. The van der Waals surface area contributed by atoms with Gasteiger partial charge in [-0.25, -0.2) is 0 Å². The number of rotatable bonds is 6. The van der Waals surface area contributed by atoms with E-state index in [4.69, 9.17) is 0 Å². The van der Waals surface area contributed by atoms with Gasteiger partial charge >= 0.3 is 0 Å². The molecule has 0 aliphatic carbocycles. The molecule has 0 spiro atoms. The maximum absolute atomic E-state index is 11.9. The number of hydrogen-bond donors (Lipinski definition) is 0. The fourth-order valence-electron chi connectivity index (χ4n) is 1.60. The van der Waals surface area contributed by atoms with Crippen LogP contribution >= 0.6 is 0 Å². The van der Waals surface area contributed by atoms with Crippen molar-refractivity contribution in [3.8, 4) is 0 Å². The summed E-state index contributed by atoms with van der Waals surface area (Å²) in [5, 5.41) is 0. The van der Waals surface area contributed by atoms with E-state index in [1.807, 2.05) is 14.1 Å². The average Bonchev–Trinajstić information content (AvgIpc) is 2.15. The summed E-state index contributed by atoms with van der Waals surface area (Å²) in [4.78, 5) is 13.6. The van der Waals surface area contributed by atoms with E-state index in [2.05, 4.69) is 39.8 Å². The number of nitrogens with zero attached hydrogens (tertiary/aromatic N) is 1. The van der Waals surface area contributed by atoms with Gasteiger partial charge in [0.1, 0.15) is 0 Å². The monoisotopic (exact) mass is 225 g/mol. The first-order valence-corrected chi connectivity index (χ1v) is 6.22. The first kappa shape index (κ1) is 15.2. The van der Waals surface area contributed by atoms with Crippen LogP contribution in [0.15, 0.2) is 12.2 Å². The summed E-state index contributed by atoms with van der Waals surface area (Å²) < 4.78 is 0. The molecule has 0 aromatic rings. The fraction of sp³-hybridized carbons (Fsp3) is 0.786. The quantitative estimate of drug-likeness (QED) is 0.635. The Morgan fingerprint density at radius 3 is 1.94 bits per heavy atom. The van der Waals surface area contributed by atoms with Gasteiger partial charge in [0, 0.05) is 20.0 Å². The van der Waals surface area contributed by atoms with Gasteiger partial charge in [-0.2, -0.15) is 0 Å². The molecule has 1 atom stereocenters. The smallest absolute Gasteiger partial charge is 0.225 e. The molecule has 0 saturated carbocycles. The lowest BCUT2D eigenvalue weighted by atomic mass is 9.91. The largest absolute Gasteiger partial charge is 0.349 e. The van der Waals surface area contributed by atoms with Crippen LogP contribution in [-0.2, 0) is 4.79 Å². The predicted molar refractivity (Wildman–Crippen MR) is 70.2 cm³/mol. The van der Waals surface area contributed by atoms with Gasteiger partial charge in [0.25, 0.3) is 0 Å². The molecule has 1 unspecified atom stereocenters. The molecule has 0 heterocycles. The summed E-state index contributed by atoms with van der Waals surface area (Å²) in [6, 6.07) is 0. The highest BCUT2D eigenvalue weighted by Gasteiger charge is 2.21. The van der Waals surface area contributed by atoms with Gasteiger partial charge in [-0.15, -0.1) is 0 Å². The second-order valence-corrected chi connectivity index (χ2v) is 5.42. The van der Waals surface area contributed by atoms with Crippen molar-refractivity contribution in [2.45, 2.75) is 40.5 Å². The van der Waals surface area contributed by atoms with E-state index < -0.39 is 0 Å². The summed E-state index contributed by atoms with van der Waals surface area (Å²) >= 11 is 0. The SMILES string of the molecule is CC(C)C/C=C/CC(C(=O)N(C)C)C(C)C. The Morgan fingerprint density at radius 2 is 1.56 bits per heavy atom. The van der Waals surface area contributed by atoms with Crippen molar-refractivity contribution in [3.05, 3.63) is 12.2 Å². The lowest BCUT2D eigenvalue weighted by Crippen LogP contribution is -2.32. The Bertz CT molecular complexity index is 229. The Kier molecular flexibility index (Phi) is 7.11. The van der Waals surface area contributed by atoms with Crippen LogP contribution in [0.4, 0.5) is 0 Å². The molecule has 0 fully saturated rings. The molecular weight excluding hydrogens is 198 g/mol. The molecule has 0 aliphatic heterocycles. The maximum atomic E-state index is 11.9. The minimum absolute atomic E-state index is 0.124. The van der Waals surface area contributed by atoms with Crippen LogP contribution in [0.25, 0.3) is 0 Å². The second-order valence-electron chi connectivity index (χ2n) is 5.42. The topological polar surface area (TPSA) is 20.3 Å². The zero-order valence-corrected chi connectivity index (χ0v) is 11.7. The zero-order chi connectivity index (χ0) is 12.7. The van der Waals surface area contributed by atoms with Gasteiger partial charge in [-0.05, 0) is 24.7 Å². The van der Waals surface area contributed by atoms with Crippen LogP contribution in [-0.4, -0.2) is 24.9 Å². The zero-order valence-electron chi connectivity index (χ0n) is 11.7. The third-order valence-electron chi connectivity index (χ3n) is 2.73. The van der Waals surface area contributed by atoms with Crippen LogP contribution in [0.3, 0.4) is 0 Å². The molecule has 0 N–H and O–H groups in total. The highest BCUT2D eigenvalue weighted by Crippen LogP contribution is 2.18. The molecule has 0 aromatic carbocycles. The molecule has 94 valence electrons. The number of amides is 1. The molecule has 2 nitrogen and oxygen atoms in total. The van der Waals surface area contributed by atoms with Gasteiger partial charge in [0.15, 0.2) is 0 Å². The number of hydrogen-bond acceptors (Lipinski definition) is 1. The highest BCUT2D eigenvalue weighted by molar-refractivity contribution is 5.78. The van der Waals surface area contributed by atoms with Crippen molar-refractivity contribution in [2.24, 2.45) is 17.8 Å². The van der Waals surface area contributed by atoms with E-state index in [1.165, 1.54) is 0 Å². The Hall–Kier alpha value is -0.790. The number of carbonyl (C=O) groups is 1. The van der Waals surface area contributed by atoms with Crippen molar-refractivity contribution < 1.29 is 4.79 Å². The molecule has 0 radical (unpaired) electrons. The average molecular weight is 225 g/mol. The van der Waals surface area contributed by atoms with Crippen LogP contribution in [0.2, 0.25) is 0 Å². The molecular formula is C14H27NO. The second kappa shape index (κ2) is 7.48. The summed E-state index contributed by atoms with van der Waals surface area (Å²) in [6.45, 7) is 8.63. The molecule has 16 heavy (non-hydrogen) atoms. The lowest BCUT2D eigenvalue weighted by Gasteiger charge is -2.22. The molecule has 0 bridgehead atoms. The normalized spacial score (nSPS) is 13.8. The Balaban J connectivity index is 4.25. The molecule has 0 aromatic heterocycles. The third kappa shape index (κ3) is 5.94. The highest BCUT2D eigenvalue weighted by atomic mass is 16.2. The molecule has 1 amide bonds. The van der Waals surface area contributed by atoms with E-state index in [1.54, 1.807) is 4.90 Å². The van der Waals surface area contributed by atoms with Crippen LogP contribution in [0.5, 0.6) is 0 Å². The van der Waals surface area contributed by atoms with Gasteiger partial charge < -0.3 is 4.90 Å². The summed E-state index contributed by atoms with van der Waals surface area (Å²) in [6.07, 6.45) is 6.32. The number of carbonyl (C=O) groups excluding carboxylic acids is 1. The van der Waals surface area contributed by atoms with Gasteiger partial charge in [-0.1, -0.05) is 39.8 Å². The van der Waals surface area contributed by atoms with Gasteiger partial charge in [0.05, 0.1) is 0 Å². The van der Waals surface area contributed by atoms with E-state index in [9.17, 15) is 4.79 Å². The molecule has 0 rings (SSSR count). The summed E-state index contributed by atoms with van der Waals surface area (Å²) in [7, 11) is 3.66. The maximum Gasteiger partial charge on any atom is 0.225 e. The fourth-order valence-corrected chi connectivity index (χ4v) is 1.60. The van der Waals surface area contributed by atoms with Gasteiger partial charge in [-0.3, -0.25) is 4.79 Å². The Labute approximate surface area is 101 Å². The lowest BCUT2D eigenvalue weighted by molar-refractivity contribution is -0.134. The van der Waals surface area contributed by atoms with Crippen LogP contribution < -0.4 is 0 Å². The molecule has 0 aliphatic rings. The van der Waals surface area contributed by atoms with Crippen LogP contribution in [0.1, 0.15) is 40.5 Å². The van der Waals surface area contributed by atoms with Crippen molar-refractivity contribution in [1.82, 2.24) is 4.90 Å². The van der Waals surface area contributed by atoms with E-state index >= 15 is 0 Å². The van der Waals surface area contributed by atoms with Crippen molar-refractivity contribution >= 4 is 5.91 Å². The number of allylic oxidation sites excluding steroid dienone is 2. The first-order valence-electron chi connectivity index (χ1n) is 6.22. The standard InChI is InChI=1S/C14H27NO/c1-11(2)9-7-8-10-13(12(3)4)14(16)15(5)6/h7-8,11-13H,9-10H2,1-6H3/b8-7+. The van der Waals surface area contributed by atoms with Gasteiger partial charge in [0.2, 0.25) is 5.91 Å².